The van der Waals surface area contributed by atoms with E-state index in [-0.39, 0.29) is 6.04 Å². The Morgan fingerprint density at radius 3 is 2.53 bits per heavy atom. The van der Waals surface area contributed by atoms with Gasteiger partial charge in [-0.05, 0) is 26.8 Å². The first-order valence-electron chi connectivity index (χ1n) is 5.79. The highest BCUT2D eigenvalue weighted by atomic mass is 16.5. The second kappa shape index (κ2) is 6.00. The summed E-state index contributed by atoms with van der Waals surface area (Å²) in [5.41, 5.74) is 3.40. The summed E-state index contributed by atoms with van der Waals surface area (Å²) < 4.78 is 11.1. The van der Waals surface area contributed by atoms with E-state index >= 15 is 0 Å². The van der Waals surface area contributed by atoms with Crippen LogP contribution in [0, 0.1) is 0 Å². The zero-order chi connectivity index (χ0) is 12.9. The van der Waals surface area contributed by atoms with Crippen molar-refractivity contribution in [3.63, 3.8) is 0 Å². The first-order chi connectivity index (χ1) is 8.06. The molecule has 0 aliphatic rings. The molecule has 1 aromatic rings. The number of methoxy groups -OCH3 is 1. The number of nitrogens with one attached hydrogen (secondary N) is 1. The van der Waals surface area contributed by atoms with E-state index in [0.29, 0.717) is 6.61 Å². The quantitative estimate of drug-likeness (QED) is 0.588. The molecule has 3 N–H and O–H groups in total. The largest absolute Gasteiger partial charge is 0.496 e. The summed E-state index contributed by atoms with van der Waals surface area (Å²) in [7, 11) is 1.65. The molecule has 1 atom stereocenters. The zero-order valence-corrected chi connectivity index (χ0v) is 11.0. The predicted molar refractivity (Wildman–Crippen MR) is 68.8 cm³/mol. The minimum absolute atomic E-state index is 0.126. The zero-order valence-electron chi connectivity index (χ0n) is 11.0. The number of hydrogen-bond acceptors (Lipinski definition) is 4. The second-order valence-electron chi connectivity index (χ2n) is 4.38. The third kappa shape index (κ3) is 3.19. The Labute approximate surface area is 103 Å². The maximum atomic E-state index is 5.74. The maximum absolute atomic E-state index is 5.74. The molecule has 0 fully saturated rings. The van der Waals surface area contributed by atoms with Crippen molar-refractivity contribution in [3.8, 4) is 5.75 Å². The van der Waals surface area contributed by atoms with Crippen molar-refractivity contribution in [1.82, 2.24) is 5.43 Å². The third-order valence-electron chi connectivity index (χ3n) is 2.83. The fourth-order valence-corrected chi connectivity index (χ4v) is 2.03. The standard InChI is InChI=1S/C13H22N2O2/c1-5-17-13(2,3)12(15-14)10-8-6-7-9-11(10)16-4/h6-9,12,15H,5,14H2,1-4H3. The average Bonchev–Trinajstić information content (AvgIpc) is 2.30. The highest BCUT2D eigenvalue weighted by molar-refractivity contribution is 5.37. The van der Waals surface area contributed by atoms with Crippen molar-refractivity contribution in [3.05, 3.63) is 29.8 Å². The van der Waals surface area contributed by atoms with Crippen molar-refractivity contribution in [2.45, 2.75) is 32.4 Å². The molecule has 1 aromatic carbocycles. The molecule has 0 radical (unpaired) electrons. The van der Waals surface area contributed by atoms with Crippen LogP contribution in [-0.2, 0) is 4.74 Å². The van der Waals surface area contributed by atoms with E-state index in [1.807, 2.05) is 45.0 Å². The van der Waals surface area contributed by atoms with E-state index < -0.39 is 5.60 Å². The lowest BCUT2D eigenvalue weighted by Crippen LogP contribution is -2.44. The molecule has 17 heavy (non-hydrogen) atoms. The van der Waals surface area contributed by atoms with Gasteiger partial charge in [-0.25, -0.2) is 5.43 Å². The van der Waals surface area contributed by atoms with Crippen molar-refractivity contribution in [2.24, 2.45) is 5.84 Å². The second-order valence-corrected chi connectivity index (χ2v) is 4.38. The molecule has 0 bridgehead atoms. The lowest BCUT2D eigenvalue weighted by Gasteiger charge is -2.34. The third-order valence-corrected chi connectivity index (χ3v) is 2.83. The van der Waals surface area contributed by atoms with Crippen molar-refractivity contribution in [2.75, 3.05) is 13.7 Å². The van der Waals surface area contributed by atoms with Gasteiger partial charge in [-0.1, -0.05) is 18.2 Å². The van der Waals surface area contributed by atoms with Gasteiger partial charge in [0.1, 0.15) is 5.75 Å². The Hall–Kier alpha value is -1.10. The summed E-state index contributed by atoms with van der Waals surface area (Å²) in [4.78, 5) is 0. The number of ether oxygens (including phenoxy) is 2. The van der Waals surface area contributed by atoms with E-state index in [0.717, 1.165) is 11.3 Å². The van der Waals surface area contributed by atoms with Gasteiger partial charge in [0, 0.05) is 12.2 Å². The van der Waals surface area contributed by atoms with Crippen LogP contribution < -0.4 is 16.0 Å². The van der Waals surface area contributed by atoms with Gasteiger partial charge in [0.2, 0.25) is 0 Å². The van der Waals surface area contributed by atoms with Crippen LogP contribution in [0.4, 0.5) is 0 Å². The van der Waals surface area contributed by atoms with Crippen LogP contribution >= 0.6 is 0 Å². The molecular formula is C13H22N2O2. The molecule has 0 aliphatic carbocycles. The number of nitrogens with two attached hydrogens (primary N) is 1. The van der Waals surface area contributed by atoms with Crippen LogP contribution in [0.15, 0.2) is 24.3 Å². The smallest absolute Gasteiger partial charge is 0.123 e. The molecule has 0 spiro atoms. The lowest BCUT2D eigenvalue weighted by molar-refractivity contribution is -0.0397. The Morgan fingerprint density at radius 2 is 2.00 bits per heavy atom. The highest BCUT2D eigenvalue weighted by Gasteiger charge is 2.32. The highest BCUT2D eigenvalue weighted by Crippen LogP contribution is 2.33. The molecule has 0 aromatic heterocycles. The van der Waals surface area contributed by atoms with E-state index in [4.69, 9.17) is 15.3 Å². The molecule has 1 unspecified atom stereocenters. The van der Waals surface area contributed by atoms with Gasteiger partial charge in [-0.2, -0.15) is 0 Å². The van der Waals surface area contributed by atoms with Crippen LogP contribution in [-0.4, -0.2) is 19.3 Å². The van der Waals surface area contributed by atoms with Crippen molar-refractivity contribution >= 4 is 0 Å². The fraction of sp³-hybridized carbons (Fsp3) is 0.538. The van der Waals surface area contributed by atoms with E-state index in [1.54, 1.807) is 7.11 Å². The first kappa shape index (κ1) is 14.0. The monoisotopic (exact) mass is 238 g/mol. The van der Waals surface area contributed by atoms with E-state index in [1.165, 1.54) is 0 Å². The molecular weight excluding hydrogens is 216 g/mol. The summed E-state index contributed by atoms with van der Waals surface area (Å²) in [6.07, 6.45) is 0. The van der Waals surface area contributed by atoms with Gasteiger partial charge in [-0.3, -0.25) is 5.84 Å². The van der Waals surface area contributed by atoms with Crippen LogP contribution in [0.25, 0.3) is 0 Å². The molecule has 96 valence electrons. The Kier molecular flexibility index (Phi) is 4.93. The van der Waals surface area contributed by atoms with E-state index in [9.17, 15) is 0 Å². The molecule has 0 heterocycles. The molecule has 1 rings (SSSR count). The SMILES string of the molecule is CCOC(C)(C)C(NN)c1ccccc1OC. The summed E-state index contributed by atoms with van der Waals surface area (Å²) in [6.45, 7) is 6.62. The molecule has 4 heteroatoms. The van der Waals surface area contributed by atoms with E-state index in [2.05, 4.69) is 5.43 Å². The molecule has 0 aliphatic heterocycles. The fourth-order valence-electron chi connectivity index (χ4n) is 2.03. The number of hydrogen-bond donors (Lipinski definition) is 2. The minimum atomic E-state index is -0.405. The van der Waals surface area contributed by atoms with Crippen LogP contribution in [0.2, 0.25) is 0 Å². The Bertz CT molecular complexity index is 353. The molecule has 0 saturated carbocycles. The van der Waals surface area contributed by atoms with Gasteiger partial charge < -0.3 is 9.47 Å². The topological polar surface area (TPSA) is 56.5 Å². The minimum Gasteiger partial charge on any atom is -0.496 e. The molecule has 0 saturated heterocycles. The summed E-state index contributed by atoms with van der Waals surface area (Å²) in [6, 6.07) is 7.68. The van der Waals surface area contributed by atoms with Crippen LogP contribution in [0.3, 0.4) is 0 Å². The normalized spacial score (nSPS) is 13.5. The van der Waals surface area contributed by atoms with Gasteiger partial charge in [0.15, 0.2) is 0 Å². The summed E-state index contributed by atoms with van der Waals surface area (Å²) >= 11 is 0. The molecule has 4 nitrogen and oxygen atoms in total. The van der Waals surface area contributed by atoms with Gasteiger partial charge in [0.05, 0.1) is 18.8 Å². The number of benzene rings is 1. The lowest BCUT2D eigenvalue weighted by atomic mass is 9.91. The summed E-state index contributed by atoms with van der Waals surface area (Å²) in [5.74, 6) is 6.47. The van der Waals surface area contributed by atoms with Crippen LogP contribution in [0.5, 0.6) is 5.75 Å². The van der Waals surface area contributed by atoms with Gasteiger partial charge in [-0.15, -0.1) is 0 Å². The Balaban J connectivity index is 3.08. The molecule has 0 amide bonds. The Morgan fingerprint density at radius 1 is 1.35 bits per heavy atom. The van der Waals surface area contributed by atoms with Gasteiger partial charge >= 0.3 is 0 Å². The number of para-hydroxylation sites is 1. The van der Waals surface area contributed by atoms with Crippen LogP contribution in [0.1, 0.15) is 32.4 Å². The van der Waals surface area contributed by atoms with Crippen molar-refractivity contribution in [1.29, 1.82) is 0 Å². The van der Waals surface area contributed by atoms with Gasteiger partial charge in [0.25, 0.3) is 0 Å². The first-order valence-corrected chi connectivity index (χ1v) is 5.79. The number of rotatable bonds is 6. The predicted octanol–water partition coefficient (Wildman–Crippen LogP) is 2.01. The maximum Gasteiger partial charge on any atom is 0.123 e. The average molecular weight is 238 g/mol. The summed E-state index contributed by atoms with van der Waals surface area (Å²) in [5, 5.41) is 0. The van der Waals surface area contributed by atoms with Crippen molar-refractivity contribution < 1.29 is 9.47 Å². The number of hydrazine groups is 1.